The van der Waals surface area contributed by atoms with Crippen LogP contribution in [0.2, 0.25) is 0 Å². The number of nitrogens with one attached hydrogen (secondary N) is 1. The highest BCUT2D eigenvalue weighted by Crippen LogP contribution is 2.45. The van der Waals surface area contributed by atoms with E-state index in [2.05, 4.69) is 19.7 Å². The number of aromatic nitrogens is 3. The van der Waals surface area contributed by atoms with E-state index in [4.69, 9.17) is 5.73 Å². The second kappa shape index (κ2) is 7.60. The normalized spacial score (nSPS) is 22.7. The number of carbonyl (C=O) groups is 1. The molecule has 7 nitrogen and oxygen atoms in total. The number of anilines is 1. The van der Waals surface area contributed by atoms with Gasteiger partial charge in [-0.05, 0) is 50.7 Å². The van der Waals surface area contributed by atoms with Gasteiger partial charge in [-0.3, -0.25) is 4.79 Å². The Balaban J connectivity index is 1.40. The second-order valence-corrected chi connectivity index (χ2v) is 8.60. The summed E-state index contributed by atoms with van der Waals surface area (Å²) in [6.45, 7) is 1.78. The van der Waals surface area contributed by atoms with Gasteiger partial charge in [0.2, 0.25) is 0 Å². The molecular formula is C22H21F4N5O2. The minimum atomic E-state index is -4.85. The van der Waals surface area contributed by atoms with Gasteiger partial charge in [0.25, 0.3) is 5.91 Å². The molecule has 2 aliphatic heterocycles. The van der Waals surface area contributed by atoms with Gasteiger partial charge < -0.3 is 20.4 Å². The molecule has 0 aliphatic carbocycles. The SMILES string of the molecule is Cc1nc2ncc(F)c(C3C[C@H]4CC[C@@H](C3)N4C(=O)c3ccc(OC(F)(F)F)cc3N)c2[nH]1. The minimum Gasteiger partial charge on any atom is -0.406 e. The van der Waals surface area contributed by atoms with E-state index in [9.17, 15) is 22.4 Å². The van der Waals surface area contributed by atoms with Crippen LogP contribution in [0.15, 0.2) is 24.4 Å². The van der Waals surface area contributed by atoms with Crippen LogP contribution in [-0.4, -0.2) is 44.2 Å². The zero-order valence-electron chi connectivity index (χ0n) is 17.6. The van der Waals surface area contributed by atoms with Gasteiger partial charge in [0.15, 0.2) is 5.65 Å². The van der Waals surface area contributed by atoms with Crippen molar-refractivity contribution < 1.29 is 27.1 Å². The molecule has 0 radical (unpaired) electrons. The Bertz CT molecular complexity index is 1230. The van der Waals surface area contributed by atoms with Crippen molar-refractivity contribution in [3.05, 3.63) is 47.2 Å². The number of pyridine rings is 1. The molecule has 3 N–H and O–H groups in total. The van der Waals surface area contributed by atoms with Crippen LogP contribution < -0.4 is 10.5 Å². The van der Waals surface area contributed by atoms with Gasteiger partial charge >= 0.3 is 6.36 Å². The summed E-state index contributed by atoms with van der Waals surface area (Å²) in [5, 5.41) is 0. The summed E-state index contributed by atoms with van der Waals surface area (Å²) in [5.74, 6) is -0.690. The number of alkyl halides is 3. The summed E-state index contributed by atoms with van der Waals surface area (Å²) in [7, 11) is 0. The first kappa shape index (κ1) is 21.5. The molecule has 1 unspecified atom stereocenters. The third-order valence-corrected chi connectivity index (χ3v) is 6.49. The first-order valence-electron chi connectivity index (χ1n) is 10.6. The maximum atomic E-state index is 14.8. The van der Waals surface area contributed by atoms with Gasteiger partial charge in [0, 0.05) is 29.4 Å². The summed E-state index contributed by atoms with van der Waals surface area (Å²) in [4.78, 5) is 26.5. The molecular weight excluding hydrogens is 442 g/mol. The van der Waals surface area contributed by atoms with Crippen LogP contribution in [0.3, 0.4) is 0 Å². The summed E-state index contributed by atoms with van der Waals surface area (Å²) in [5.41, 5.74) is 7.53. The maximum absolute atomic E-state index is 14.8. The molecule has 2 fully saturated rings. The van der Waals surface area contributed by atoms with Crippen molar-refractivity contribution in [2.45, 2.75) is 57.0 Å². The van der Waals surface area contributed by atoms with E-state index in [1.807, 2.05) is 0 Å². The number of nitrogen functional groups attached to an aromatic ring is 1. The molecule has 2 saturated heterocycles. The highest BCUT2D eigenvalue weighted by molar-refractivity contribution is 6.00. The Kier molecular flexibility index (Phi) is 4.95. The molecule has 11 heteroatoms. The fraction of sp³-hybridized carbons (Fsp3) is 0.409. The average molecular weight is 463 g/mol. The Morgan fingerprint density at radius 3 is 2.58 bits per heavy atom. The highest BCUT2D eigenvalue weighted by Gasteiger charge is 2.45. The number of ether oxygens (including phenoxy) is 1. The molecule has 33 heavy (non-hydrogen) atoms. The van der Waals surface area contributed by atoms with Gasteiger partial charge in [0.05, 0.1) is 17.3 Å². The molecule has 174 valence electrons. The summed E-state index contributed by atoms with van der Waals surface area (Å²) in [6.07, 6.45) is -1.01. The topological polar surface area (TPSA) is 97.1 Å². The van der Waals surface area contributed by atoms with Crippen LogP contribution in [0, 0.1) is 12.7 Å². The lowest BCUT2D eigenvalue weighted by Crippen LogP contribution is -2.46. The fourth-order valence-corrected chi connectivity index (χ4v) is 5.28. The Labute approximate surface area is 185 Å². The third kappa shape index (κ3) is 3.85. The molecule has 2 aromatic heterocycles. The number of hydrogen-bond donors (Lipinski definition) is 2. The molecule has 1 aromatic carbocycles. The van der Waals surface area contributed by atoms with Crippen molar-refractivity contribution in [1.29, 1.82) is 0 Å². The number of H-pyrrole nitrogens is 1. The Morgan fingerprint density at radius 1 is 1.24 bits per heavy atom. The van der Waals surface area contributed by atoms with E-state index in [1.165, 1.54) is 12.3 Å². The second-order valence-electron chi connectivity index (χ2n) is 8.60. The van der Waals surface area contributed by atoms with Crippen LogP contribution in [0.25, 0.3) is 11.2 Å². The highest BCUT2D eigenvalue weighted by atomic mass is 19.4. The predicted octanol–water partition coefficient (Wildman–Crippen LogP) is 4.44. The van der Waals surface area contributed by atoms with E-state index in [0.29, 0.717) is 35.4 Å². The van der Waals surface area contributed by atoms with Crippen molar-refractivity contribution in [1.82, 2.24) is 19.9 Å². The predicted molar refractivity (Wildman–Crippen MR) is 111 cm³/mol. The zero-order chi connectivity index (χ0) is 23.5. The molecule has 3 aromatic rings. The zero-order valence-corrected chi connectivity index (χ0v) is 17.6. The summed E-state index contributed by atoms with van der Waals surface area (Å²) >= 11 is 0. The lowest BCUT2D eigenvalue weighted by molar-refractivity contribution is -0.274. The summed E-state index contributed by atoms with van der Waals surface area (Å²) in [6, 6.07) is 3.08. The number of amides is 1. The van der Waals surface area contributed by atoms with Gasteiger partial charge in [-0.1, -0.05) is 0 Å². The fourth-order valence-electron chi connectivity index (χ4n) is 5.28. The standard InChI is InChI=1S/C22H21F4N5O2/c1-10-29-19-18(16(23)9-28-20(19)30-10)11-6-12-2-3-13(7-11)31(12)21(32)15-5-4-14(8-17(15)27)33-22(24,25)26/h4-5,8-9,11-13H,2-3,6-7,27H2,1H3,(H,28,29,30)/t11?,12-,13+. The number of aromatic amines is 1. The molecule has 3 atom stereocenters. The number of aryl methyl sites for hydroxylation is 1. The number of carbonyl (C=O) groups excluding carboxylic acids is 1. The van der Waals surface area contributed by atoms with E-state index in [1.54, 1.807) is 11.8 Å². The number of benzene rings is 1. The molecule has 2 aliphatic rings. The number of fused-ring (bicyclic) bond motifs is 3. The Morgan fingerprint density at radius 2 is 1.94 bits per heavy atom. The van der Waals surface area contributed by atoms with E-state index in [-0.39, 0.29) is 35.2 Å². The van der Waals surface area contributed by atoms with E-state index in [0.717, 1.165) is 25.0 Å². The van der Waals surface area contributed by atoms with Gasteiger partial charge in [-0.15, -0.1) is 13.2 Å². The van der Waals surface area contributed by atoms with Crippen LogP contribution in [0.5, 0.6) is 5.75 Å². The molecule has 0 spiro atoms. The van der Waals surface area contributed by atoms with Crippen LogP contribution in [0.1, 0.15) is 53.3 Å². The molecule has 5 rings (SSSR count). The Hall–Kier alpha value is -3.37. The number of halogens is 4. The van der Waals surface area contributed by atoms with Crippen LogP contribution in [-0.2, 0) is 0 Å². The number of nitrogens with zero attached hydrogens (tertiary/aromatic N) is 3. The first-order chi connectivity index (χ1) is 15.6. The summed E-state index contributed by atoms with van der Waals surface area (Å²) < 4.78 is 56.1. The van der Waals surface area contributed by atoms with Gasteiger partial charge in [-0.25, -0.2) is 14.4 Å². The van der Waals surface area contributed by atoms with Gasteiger partial charge in [0.1, 0.15) is 17.4 Å². The van der Waals surface area contributed by atoms with Crippen molar-refractivity contribution >= 4 is 22.8 Å². The molecule has 0 saturated carbocycles. The first-order valence-corrected chi connectivity index (χ1v) is 10.6. The molecule has 4 heterocycles. The van der Waals surface area contributed by atoms with Crippen molar-refractivity contribution in [2.24, 2.45) is 0 Å². The number of hydrogen-bond acceptors (Lipinski definition) is 5. The van der Waals surface area contributed by atoms with Crippen molar-refractivity contribution in [3.8, 4) is 5.75 Å². The lowest BCUT2D eigenvalue weighted by Gasteiger charge is -2.39. The van der Waals surface area contributed by atoms with Crippen molar-refractivity contribution in [2.75, 3.05) is 5.73 Å². The number of nitrogens with two attached hydrogens (primary N) is 1. The maximum Gasteiger partial charge on any atom is 0.573 e. The average Bonchev–Trinajstić information content (AvgIpc) is 3.22. The van der Waals surface area contributed by atoms with Crippen LogP contribution in [0.4, 0.5) is 23.2 Å². The number of imidazole rings is 1. The number of rotatable bonds is 3. The molecule has 1 amide bonds. The van der Waals surface area contributed by atoms with Crippen LogP contribution >= 0.6 is 0 Å². The minimum absolute atomic E-state index is 0.0851. The van der Waals surface area contributed by atoms with E-state index >= 15 is 0 Å². The largest absolute Gasteiger partial charge is 0.573 e. The smallest absolute Gasteiger partial charge is 0.406 e. The quantitative estimate of drug-likeness (QED) is 0.442. The van der Waals surface area contributed by atoms with E-state index < -0.39 is 17.9 Å². The third-order valence-electron chi connectivity index (χ3n) is 6.49. The van der Waals surface area contributed by atoms with Crippen molar-refractivity contribution in [3.63, 3.8) is 0 Å². The number of piperidine rings is 1. The van der Waals surface area contributed by atoms with Gasteiger partial charge in [-0.2, -0.15) is 0 Å². The lowest BCUT2D eigenvalue weighted by atomic mass is 9.84. The monoisotopic (exact) mass is 463 g/mol. The molecule has 2 bridgehead atoms.